The van der Waals surface area contributed by atoms with Crippen LogP contribution in [-0.4, -0.2) is 16.5 Å². The van der Waals surface area contributed by atoms with Gasteiger partial charge >= 0.3 is 0 Å². The van der Waals surface area contributed by atoms with Crippen LogP contribution in [-0.2, 0) is 6.42 Å². The second-order valence-electron chi connectivity index (χ2n) is 3.37. The van der Waals surface area contributed by atoms with Gasteiger partial charge in [-0.05, 0) is 12.6 Å². The highest BCUT2D eigenvalue weighted by atomic mass is 79.9. The van der Waals surface area contributed by atoms with Crippen molar-refractivity contribution in [1.29, 1.82) is 0 Å². The second kappa shape index (κ2) is 4.99. The quantitative estimate of drug-likeness (QED) is 0.915. The van der Waals surface area contributed by atoms with Crippen LogP contribution in [0.15, 0.2) is 28.7 Å². The highest BCUT2D eigenvalue weighted by Crippen LogP contribution is 2.27. The minimum atomic E-state index is 0.496. The Morgan fingerprint density at radius 2 is 2.12 bits per heavy atom. The summed E-state index contributed by atoms with van der Waals surface area (Å²) in [6.45, 7) is 0.553. The molecule has 0 saturated heterocycles. The van der Waals surface area contributed by atoms with E-state index in [0.717, 1.165) is 21.6 Å². The maximum Gasteiger partial charge on any atom is 0.150 e. The van der Waals surface area contributed by atoms with Crippen LogP contribution >= 0.6 is 27.5 Å². The van der Waals surface area contributed by atoms with E-state index in [9.17, 15) is 0 Å². The van der Waals surface area contributed by atoms with E-state index in [2.05, 4.69) is 25.9 Å². The number of halogens is 2. The van der Waals surface area contributed by atoms with Gasteiger partial charge in [-0.1, -0.05) is 45.7 Å². The molecule has 1 aromatic heterocycles. The normalized spacial score (nSPS) is 10.7. The SMILES string of the molecule is NCCc1[nH]c(-c2ccccc2Br)nc1Cl. The second-order valence-corrected chi connectivity index (χ2v) is 4.59. The monoisotopic (exact) mass is 299 g/mol. The van der Waals surface area contributed by atoms with Crippen molar-refractivity contribution in [1.82, 2.24) is 9.97 Å². The molecule has 3 N–H and O–H groups in total. The number of nitrogens with zero attached hydrogens (tertiary/aromatic N) is 1. The van der Waals surface area contributed by atoms with Gasteiger partial charge in [-0.15, -0.1) is 0 Å². The van der Waals surface area contributed by atoms with Crippen molar-refractivity contribution >= 4 is 27.5 Å². The molecular weight excluding hydrogens is 289 g/mol. The summed E-state index contributed by atoms with van der Waals surface area (Å²) < 4.78 is 0.986. The first kappa shape index (κ1) is 11.6. The Balaban J connectivity index is 2.42. The lowest BCUT2D eigenvalue weighted by atomic mass is 10.2. The molecule has 2 rings (SSSR count). The van der Waals surface area contributed by atoms with Crippen molar-refractivity contribution in [3.63, 3.8) is 0 Å². The first-order valence-corrected chi connectivity index (χ1v) is 6.09. The van der Waals surface area contributed by atoms with Gasteiger partial charge in [0.1, 0.15) is 5.82 Å². The Kier molecular flexibility index (Phi) is 3.63. The van der Waals surface area contributed by atoms with Crippen molar-refractivity contribution in [3.8, 4) is 11.4 Å². The molecular formula is C11H11BrClN3. The third-order valence-electron chi connectivity index (χ3n) is 2.25. The van der Waals surface area contributed by atoms with Crippen LogP contribution in [0.2, 0.25) is 5.15 Å². The number of nitrogens with two attached hydrogens (primary N) is 1. The summed E-state index contributed by atoms with van der Waals surface area (Å²) in [6.07, 6.45) is 0.705. The van der Waals surface area contributed by atoms with E-state index in [-0.39, 0.29) is 0 Å². The van der Waals surface area contributed by atoms with Gasteiger partial charge < -0.3 is 10.7 Å². The Labute approximate surface area is 107 Å². The zero-order chi connectivity index (χ0) is 11.5. The van der Waals surface area contributed by atoms with Crippen LogP contribution in [0.1, 0.15) is 5.69 Å². The van der Waals surface area contributed by atoms with E-state index in [0.29, 0.717) is 18.1 Å². The molecule has 0 aliphatic rings. The van der Waals surface area contributed by atoms with Crippen molar-refractivity contribution < 1.29 is 0 Å². The average molecular weight is 301 g/mol. The summed E-state index contributed by atoms with van der Waals surface area (Å²) in [6, 6.07) is 7.86. The van der Waals surface area contributed by atoms with Gasteiger partial charge in [0.2, 0.25) is 0 Å². The summed E-state index contributed by atoms with van der Waals surface area (Å²) in [5, 5.41) is 0.496. The zero-order valence-electron chi connectivity index (χ0n) is 8.50. The average Bonchev–Trinajstić information content (AvgIpc) is 2.61. The largest absolute Gasteiger partial charge is 0.340 e. The molecule has 0 fully saturated rings. The Morgan fingerprint density at radius 3 is 2.81 bits per heavy atom. The van der Waals surface area contributed by atoms with Gasteiger partial charge in [0.15, 0.2) is 5.15 Å². The lowest BCUT2D eigenvalue weighted by molar-refractivity contribution is 0.936. The van der Waals surface area contributed by atoms with E-state index in [1.807, 2.05) is 24.3 Å². The predicted octanol–water partition coefficient (Wildman–Crippen LogP) is 2.99. The van der Waals surface area contributed by atoms with Crippen LogP contribution in [0.3, 0.4) is 0 Å². The minimum Gasteiger partial charge on any atom is -0.340 e. The van der Waals surface area contributed by atoms with Crippen LogP contribution in [0.5, 0.6) is 0 Å². The van der Waals surface area contributed by atoms with Crippen molar-refractivity contribution in [3.05, 3.63) is 39.6 Å². The van der Waals surface area contributed by atoms with E-state index in [1.165, 1.54) is 0 Å². The number of aromatic nitrogens is 2. The van der Waals surface area contributed by atoms with E-state index < -0.39 is 0 Å². The topological polar surface area (TPSA) is 54.7 Å². The Morgan fingerprint density at radius 1 is 1.38 bits per heavy atom. The summed E-state index contributed by atoms with van der Waals surface area (Å²) >= 11 is 9.49. The molecule has 0 radical (unpaired) electrons. The molecule has 2 aromatic rings. The van der Waals surface area contributed by atoms with Gasteiger partial charge in [-0.2, -0.15) is 0 Å². The van der Waals surface area contributed by atoms with Crippen molar-refractivity contribution in [2.75, 3.05) is 6.54 Å². The van der Waals surface area contributed by atoms with E-state index >= 15 is 0 Å². The maximum absolute atomic E-state index is 6.01. The molecule has 0 bridgehead atoms. The lowest BCUT2D eigenvalue weighted by Gasteiger charge is -1.99. The fourth-order valence-electron chi connectivity index (χ4n) is 1.48. The summed E-state index contributed by atoms with van der Waals surface area (Å²) in [4.78, 5) is 7.47. The van der Waals surface area contributed by atoms with Gasteiger partial charge in [0.05, 0.1) is 5.69 Å². The first-order chi connectivity index (χ1) is 7.72. The number of rotatable bonds is 3. The van der Waals surface area contributed by atoms with Gasteiger partial charge in [-0.25, -0.2) is 4.98 Å². The molecule has 0 spiro atoms. The Bertz CT molecular complexity index is 496. The molecule has 1 aromatic carbocycles. The predicted molar refractivity (Wildman–Crippen MR) is 69.5 cm³/mol. The highest BCUT2D eigenvalue weighted by Gasteiger charge is 2.10. The van der Waals surface area contributed by atoms with Crippen molar-refractivity contribution in [2.24, 2.45) is 5.73 Å². The molecule has 5 heteroatoms. The molecule has 16 heavy (non-hydrogen) atoms. The first-order valence-electron chi connectivity index (χ1n) is 4.91. The smallest absolute Gasteiger partial charge is 0.150 e. The number of aromatic amines is 1. The Hall–Kier alpha value is -0.840. The third kappa shape index (κ3) is 2.29. The summed E-state index contributed by atoms with van der Waals surface area (Å²) in [5.41, 5.74) is 7.37. The fourth-order valence-corrected chi connectivity index (χ4v) is 2.18. The van der Waals surface area contributed by atoms with Crippen LogP contribution in [0.25, 0.3) is 11.4 Å². The fraction of sp³-hybridized carbons (Fsp3) is 0.182. The summed E-state index contributed by atoms with van der Waals surface area (Å²) in [5.74, 6) is 0.765. The molecule has 0 atom stereocenters. The molecule has 0 aliphatic carbocycles. The van der Waals surface area contributed by atoms with E-state index in [1.54, 1.807) is 0 Å². The number of benzene rings is 1. The van der Waals surface area contributed by atoms with Crippen LogP contribution < -0.4 is 5.73 Å². The molecule has 3 nitrogen and oxygen atoms in total. The molecule has 1 heterocycles. The molecule has 0 saturated carbocycles. The minimum absolute atomic E-state index is 0.496. The number of H-pyrrole nitrogens is 1. The van der Waals surface area contributed by atoms with Crippen LogP contribution in [0.4, 0.5) is 0 Å². The van der Waals surface area contributed by atoms with Gasteiger partial charge in [0.25, 0.3) is 0 Å². The highest BCUT2D eigenvalue weighted by molar-refractivity contribution is 9.10. The third-order valence-corrected chi connectivity index (χ3v) is 3.26. The molecule has 0 amide bonds. The van der Waals surface area contributed by atoms with Gasteiger partial charge in [-0.3, -0.25) is 0 Å². The molecule has 0 unspecified atom stereocenters. The number of imidazole rings is 1. The maximum atomic E-state index is 6.01. The van der Waals surface area contributed by atoms with Crippen LogP contribution in [0, 0.1) is 0 Å². The number of nitrogens with one attached hydrogen (secondary N) is 1. The number of hydrogen-bond acceptors (Lipinski definition) is 2. The van der Waals surface area contributed by atoms with Gasteiger partial charge in [0, 0.05) is 16.5 Å². The standard InChI is InChI=1S/C11H11BrClN3/c12-8-4-2-1-3-7(8)11-15-9(5-6-14)10(13)16-11/h1-4H,5-6,14H2,(H,15,16). The lowest BCUT2D eigenvalue weighted by Crippen LogP contribution is -2.03. The number of hydrogen-bond donors (Lipinski definition) is 2. The van der Waals surface area contributed by atoms with Crippen molar-refractivity contribution in [2.45, 2.75) is 6.42 Å². The molecule has 84 valence electrons. The molecule has 0 aliphatic heterocycles. The zero-order valence-corrected chi connectivity index (χ0v) is 10.8. The summed E-state index contributed by atoms with van der Waals surface area (Å²) in [7, 11) is 0. The van der Waals surface area contributed by atoms with E-state index in [4.69, 9.17) is 17.3 Å².